The molecule has 0 radical (unpaired) electrons. The van der Waals surface area contributed by atoms with Crippen LogP contribution in [0.3, 0.4) is 0 Å². The standard InChI is InChI=1S/C35H45N7O3/c1-5-28(42-12-9-35(10-13-42)18-45-19-35)34(43)41-33-29-22-7-6-21(22)14-25(23(29)8-11-38-33)30-20(2)16-39-32(40-30)26-15-24(26)27(17-37-3)31(36)44-4/h8,11,14,16-17,21-22,24,26,28,36-37H,5-7,9-10,12-13,15,18-19H2,1-4H3,(H,38,41,43)/b27-17-,36-31?. The van der Waals surface area contributed by atoms with E-state index in [-0.39, 0.29) is 29.7 Å². The number of methoxy groups -OCH3 is 1. The van der Waals surface area contributed by atoms with E-state index in [0.29, 0.717) is 23.1 Å². The van der Waals surface area contributed by atoms with Crippen molar-refractivity contribution in [1.82, 2.24) is 25.2 Å². The lowest BCUT2D eigenvalue weighted by Crippen LogP contribution is -2.55. The van der Waals surface area contributed by atoms with E-state index in [1.165, 1.54) is 7.11 Å². The first-order valence-corrected chi connectivity index (χ1v) is 16.5. The second kappa shape index (κ2) is 11.9. The Labute approximate surface area is 265 Å². The molecule has 5 aliphatic rings. The number of likely N-dealkylation sites (tertiary alicyclic amines) is 1. The number of aromatic nitrogens is 3. The van der Waals surface area contributed by atoms with E-state index in [1.807, 2.05) is 25.6 Å². The molecular weight excluding hydrogens is 566 g/mol. The second-order valence-electron chi connectivity index (χ2n) is 13.6. The van der Waals surface area contributed by atoms with Crippen LogP contribution in [0.2, 0.25) is 0 Å². The van der Waals surface area contributed by atoms with Crippen molar-refractivity contribution < 1.29 is 14.3 Å². The summed E-state index contributed by atoms with van der Waals surface area (Å²) in [6.07, 6.45) is 14.0. The summed E-state index contributed by atoms with van der Waals surface area (Å²) in [4.78, 5) is 30.9. The summed E-state index contributed by atoms with van der Waals surface area (Å²) < 4.78 is 10.8. The second-order valence-corrected chi connectivity index (χ2v) is 13.6. The quantitative estimate of drug-likeness (QED) is 0.273. The molecule has 2 aromatic heterocycles. The number of piperidine rings is 1. The highest BCUT2D eigenvalue weighted by molar-refractivity contribution is 5.96. The molecule has 0 bridgehead atoms. The van der Waals surface area contributed by atoms with Crippen molar-refractivity contribution in [2.75, 3.05) is 45.8 Å². The molecular formula is C35H45N7O3. The summed E-state index contributed by atoms with van der Waals surface area (Å²) in [6.45, 7) is 7.77. The first kappa shape index (κ1) is 30.0. The minimum atomic E-state index is -0.170. The van der Waals surface area contributed by atoms with Crippen LogP contribution in [0.25, 0.3) is 5.57 Å². The number of carbonyl (C=O) groups is 1. The Morgan fingerprint density at radius 3 is 2.69 bits per heavy atom. The number of fused-ring (bicyclic) bond motifs is 3. The Bertz CT molecular complexity index is 1550. The Morgan fingerprint density at radius 1 is 1.24 bits per heavy atom. The van der Waals surface area contributed by atoms with Crippen LogP contribution in [0.5, 0.6) is 0 Å². The molecule has 1 spiro atoms. The number of hydrogen-bond acceptors (Lipinski definition) is 9. The molecule has 4 heterocycles. The van der Waals surface area contributed by atoms with E-state index < -0.39 is 0 Å². The van der Waals surface area contributed by atoms with Gasteiger partial charge in [-0.2, -0.15) is 0 Å². The number of amides is 1. The largest absolute Gasteiger partial charge is 0.481 e. The number of carbonyl (C=O) groups excluding carboxylic acids is 1. The maximum atomic E-state index is 13.8. The summed E-state index contributed by atoms with van der Waals surface area (Å²) in [6, 6.07) is 1.92. The normalized spacial score (nSPS) is 27.2. The number of nitrogens with one attached hydrogen (secondary N) is 3. The number of aryl methyl sites for hydroxylation is 1. The lowest BCUT2D eigenvalue weighted by atomic mass is 9.64. The average Bonchev–Trinajstić information content (AvgIpc) is 3.81. The first-order chi connectivity index (χ1) is 21.9. The van der Waals surface area contributed by atoms with Crippen LogP contribution in [0.15, 0.2) is 36.3 Å². The lowest BCUT2D eigenvalue weighted by molar-refractivity contribution is -0.146. The van der Waals surface area contributed by atoms with Gasteiger partial charge in [0.1, 0.15) is 11.6 Å². The molecule has 2 saturated carbocycles. The van der Waals surface area contributed by atoms with Crippen molar-refractivity contribution in [3.63, 3.8) is 0 Å². The van der Waals surface area contributed by atoms with Gasteiger partial charge in [0, 0.05) is 59.6 Å². The van der Waals surface area contributed by atoms with Gasteiger partial charge in [0.25, 0.3) is 0 Å². The van der Waals surface area contributed by atoms with Gasteiger partial charge >= 0.3 is 0 Å². The van der Waals surface area contributed by atoms with E-state index in [9.17, 15) is 4.79 Å². The highest BCUT2D eigenvalue weighted by Gasteiger charge is 2.46. The third-order valence-electron chi connectivity index (χ3n) is 10.9. The van der Waals surface area contributed by atoms with Crippen molar-refractivity contribution in [3.8, 4) is 0 Å². The topological polar surface area (TPSA) is 125 Å². The molecule has 2 aromatic rings. The van der Waals surface area contributed by atoms with Crippen LogP contribution < -0.4 is 10.6 Å². The van der Waals surface area contributed by atoms with Crippen LogP contribution in [0.1, 0.15) is 85.5 Å². The van der Waals surface area contributed by atoms with Gasteiger partial charge < -0.3 is 20.1 Å². The zero-order valence-corrected chi connectivity index (χ0v) is 26.9. The molecule has 4 fully saturated rings. The fourth-order valence-electron chi connectivity index (χ4n) is 7.92. The lowest BCUT2D eigenvalue weighted by Gasteiger charge is -2.48. The first-order valence-electron chi connectivity index (χ1n) is 16.5. The molecule has 10 heteroatoms. The Kier molecular flexibility index (Phi) is 7.98. The van der Waals surface area contributed by atoms with E-state index in [1.54, 1.807) is 0 Å². The van der Waals surface area contributed by atoms with Crippen molar-refractivity contribution in [2.45, 2.75) is 70.3 Å². The molecule has 7 rings (SSSR count). The Hall–Kier alpha value is -3.63. The van der Waals surface area contributed by atoms with Gasteiger partial charge in [0.05, 0.1) is 32.1 Å². The van der Waals surface area contributed by atoms with Gasteiger partial charge in [-0.25, -0.2) is 15.0 Å². The monoisotopic (exact) mass is 611 g/mol. The van der Waals surface area contributed by atoms with E-state index in [0.717, 1.165) is 104 Å². The molecule has 1 amide bonds. The van der Waals surface area contributed by atoms with Gasteiger partial charge in [0.2, 0.25) is 11.8 Å². The third-order valence-corrected chi connectivity index (χ3v) is 10.9. The van der Waals surface area contributed by atoms with Gasteiger partial charge in [-0.15, -0.1) is 0 Å². The van der Waals surface area contributed by atoms with E-state index >= 15 is 0 Å². The average molecular weight is 612 g/mol. The maximum absolute atomic E-state index is 13.8. The predicted octanol–water partition coefficient (Wildman–Crippen LogP) is 4.78. The Morgan fingerprint density at radius 2 is 2.04 bits per heavy atom. The number of pyridine rings is 1. The molecule has 10 nitrogen and oxygen atoms in total. The summed E-state index contributed by atoms with van der Waals surface area (Å²) in [5.41, 5.74) is 6.50. The minimum Gasteiger partial charge on any atom is -0.481 e. The van der Waals surface area contributed by atoms with Gasteiger partial charge in [-0.1, -0.05) is 13.0 Å². The zero-order chi connectivity index (χ0) is 31.3. The highest BCUT2D eigenvalue weighted by Crippen LogP contribution is 2.54. The molecule has 238 valence electrons. The zero-order valence-electron chi connectivity index (χ0n) is 26.9. The summed E-state index contributed by atoms with van der Waals surface area (Å²) in [7, 11) is 3.37. The molecule has 3 aliphatic carbocycles. The fourth-order valence-corrected chi connectivity index (χ4v) is 7.92. The SMILES string of the molecule is CCC(C(=O)Nc1nccc2c1C1CCC1C=C2c1nc(C2CC2/C(=C/NC)C(=N)OC)ncc1C)N1CCC2(CC1)COC2. The van der Waals surface area contributed by atoms with Crippen LogP contribution in [0, 0.1) is 29.6 Å². The number of rotatable bonds is 9. The number of anilines is 1. The van der Waals surface area contributed by atoms with Crippen LogP contribution in [-0.2, 0) is 14.3 Å². The summed E-state index contributed by atoms with van der Waals surface area (Å²) in [5.74, 6) is 2.75. The maximum Gasteiger partial charge on any atom is 0.242 e. The molecule has 2 aliphatic heterocycles. The summed E-state index contributed by atoms with van der Waals surface area (Å²) >= 11 is 0. The molecule has 0 aromatic carbocycles. The summed E-state index contributed by atoms with van der Waals surface area (Å²) in [5, 5.41) is 14.6. The molecule has 45 heavy (non-hydrogen) atoms. The number of hydrogen-bond donors (Lipinski definition) is 3. The molecule has 5 unspecified atom stereocenters. The fraction of sp³-hybridized carbons (Fsp3) is 0.571. The van der Waals surface area contributed by atoms with Crippen molar-refractivity contribution >= 4 is 23.2 Å². The smallest absolute Gasteiger partial charge is 0.242 e. The molecule has 5 atom stereocenters. The molecule has 2 saturated heterocycles. The minimum absolute atomic E-state index is 0.0403. The Balaban J connectivity index is 1.15. The predicted molar refractivity (Wildman–Crippen MR) is 173 cm³/mol. The van der Waals surface area contributed by atoms with Crippen LogP contribution in [0.4, 0.5) is 5.82 Å². The number of allylic oxidation sites excluding steroid dienone is 1. The third kappa shape index (κ3) is 5.35. The van der Waals surface area contributed by atoms with Gasteiger partial charge in [0.15, 0.2) is 0 Å². The number of ether oxygens (including phenoxy) is 2. The van der Waals surface area contributed by atoms with E-state index in [2.05, 4.69) is 41.5 Å². The van der Waals surface area contributed by atoms with Crippen molar-refractivity contribution in [3.05, 3.63) is 64.5 Å². The van der Waals surface area contributed by atoms with E-state index in [4.69, 9.17) is 29.8 Å². The van der Waals surface area contributed by atoms with Crippen LogP contribution in [-0.4, -0.2) is 78.2 Å². The van der Waals surface area contributed by atoms with Crippen molar-refractivity contribution in [1.29, 1.82) is 5.41 Å². The van der Waals surface area contributed by atoms with Gasteiger partial charge in [-0.05, 0) is 87.6 Å². The van der Waals surface area contributed by atoms with Crippen molar-refractivity contribution in [2.24, 2.45) is 17.3 Å². The molecule has 3 N–H and O–H groups in total. The number of nitrogens with zero attached hydrogens (tertiary/aromatic N) is 4. The van der Waals surface area contributed by atoms with Gasteiger partial charge in [-0.3, -0.25) is 15.1 Å². The van der Waals surface area contributed by atoms with Crippen LogP contribution >= 0.6 is 0 Å². The highest BCUT2D eigenvalue weighted by atomic mass is 16.5.